The van der Waals surface area contributed by atoms with Crippen LogP contribution in [0.1, 0.15) is 37.8 Å². The lowest BCUT2D eigenvalue weighted by molar-refractivity contribution is -0.149. The van der Waals surface area contributed by atoms with Crippen molar-refractivity contribution < 1.29 is 18.7 Å². The maximum Gasteiger partial charge on any atom is 0.341 e. The largest absolute Gasteiger partial charge is 0.464 e. The minimum atomic E-state index is -0.915. The first kappa shape index (κ1) is 12.6. The zero-order chi connectivity index (χ0) is 13.7. The number of rotatable bonds is 3. The molecule has 0 bridgehead atoms. The zero-order valence-corrected chi connectivity index (χ0v) is 11.2. The lowest BCUT2D eigenvalue weighted by Gasteiger charge is -2.14. The molecule has 2 unspecified atom stereocenters. The Labute approximate surface area is 111 Å². The molecule has 1 spiro atoms. The molecule has 1 aromatic carbocycles. The van der Waals surface area contributed by atoms with Crippen molar-refractivity contribution in [2.24, 2.45) is 0 Å². The third-order valence-electron chi connectivity index (χ3n) is 4.34. The van der Waals surface area contributed by atoms with Gasteiger partial charge in [0.1, 0.15) is 11.4 Å². The average molecular weight is 264 g/mol. The highest BCUT2D eigenvalue weighted by atomic mass is 19.1. The maximum absolute atomic E-state index is 13.8. The Balaban J connectivity index is 2.02. The number of carbonyl (C=O) groups is 1. The van der Waals surface area contributed by atoms with Gasteiger partial charge in [0.05, 0.1) is 6.61 Å². The van der Waals surface area contributed by atoms with E-state index in [-0.39, 0.29) is 11.8 Å². The molecule has 0 N–H and O–H groups in total. The Morgan fingerprint density at radius 1 is 1.47 bits per heavy atom. The van der Waals surface area contributed by atoms with Crippen LogP contribution < -0.4 is 0 Å². The quantitative estimate of drug-likeness (QED) is 0.622. The SMILES string of the molecule is CCOC(=O)C1(CC)OC12CCc1c(F)cccc12. The third kappa shape index (κ3) is 1.43. The highest BCUT2D eigenvalue weighted by molar-refractivity contribution is 5.86. The second kappa shape index (κ2) is 4.04. The number of epoxide rings is 1. The van der Waals surface area contributed by atoms with Crippen LogP contribution >= 0.6 is 0 Å². The van der Waals surface area contributed by atoms with Crippen LogP contribution in [0.4, 0.5) is 4.39 Å². The molecule has 1 heterocycles. The molecule has 3 rings (SSSR count). The molecule has 2 aliphatic rings. The number of hydrogen-bond donors (Lipinski definition) is 0. The van der Waals surface area contributed by atoms with Gasteiger partial charge in [0.15, 0.2) is 5.60 Å². The van der Waals surface area contributed by atoms with Gasteiger partial charge < -0.3 is 9.47 Å². The number of ether oxygens (including phenoxy) is 2. The predicted octanol–water partition coefficient (Wildman–Crippen LogP) is 2.71. The molecule has 0 aromatic heterocycles. The van der Waals surface area contributed by atoms with Crippen molar-refractivity contribution in [2.75, 3.05) is 6.61 Å². The lowest BCUT2D eigenvalue weighted by Crippen LogP contribution is -2.33. The van der Waals surface area contributed by atoms with E-state index >= 15 is 0 Å². The van der Waals surface area contributed by atoms with E-state index in [0.717, 1.165) is 5.56 Å². The minimum Gasteiger partial charge on any atom is -0.464 e. The highest BCUT2D eigenvalue weighted by Crippen LogP contribution is 2.64. The van der Waals surface area contributed by atoms with E-state index < -0.39 is 11.2 Å². The summed E-state index contributed by atoms with van der Waals surface area (Å²) >= 11 is 0. The molecule has 0 radical (unpaired) electrons. The molecule has 2 atom stereocenters. The summed E-state index contributed by atoms with van der Waals surface area (Å²) in [6, 6.07) is 4.99. The van der Waals surface area contributed by atoms with Gasteiger partial charge in [-0.05, 0) is 43.4 Å². The molecule has 0 saturated carbocycles. The summed E-state index contributed by atoms with van der Waals surface area (Å²) in [5.74, 6) is -0.534. The summed E-state index contributed by atoms with van der Waals surface area (Å²) in [5, 5.41) is 0. The van der Waals surface area contributed by atoms with Gasteiger partial charge in [-0.25, -0.2) is 9.18 Å². The standard InChI is InChI=1S/C15H17FO3/c1-3-14(13(17)18-4-2)15(19-14)9-8-10-11(15)6-5-7-12(10)16/h5-7H,3-4,8-9H2,1-2H3. The molecule has 1 aliphatic carbocycles. The molecular formula is C15H17FO3. The van der Waals surface area contributed by atoms with Crippen LogP contribution in [-0.2, 0) is 26.3 Å². The van der Waals surface area contributed by atoms with Crippen molar-refractivity contribution in [1.82, 2.24) is 0 Å². The van der Waals surface area contributed by atoms with Gasteiger partial charge in [-0.3, -0.25) is 0 Å². The molecule has 19 heavy (non-hydrogen) atoms. The monoisotopic (exact) mass is 264 g/mol. The van der Waals surface area contributed by atoms with Gasteiger partial charge in [-0.1, -0.05) is 19.1 Å². The number of esters is 1. The normalized spacial score (nSPS) is 31.3. The first-order valence-electron chi connectivity index (χ1n) is 6.76. The van der Waals surface area contributed by atoms with Crippen LogP contribution in [0.3, 0.4) is 0 Å². The molecule has 0 amide bonds. The van der Waals surface area contributed by atoms with Crippen LogP contribution in [0.2, 0.25) is 0 Å². The number of benzene rings is 1. The Bertz CT molecular complexity index is 542. The number of carbonyl (C=O) groups excluding carboxylic acids is 1. The molecule has 1 aliphatic heterocycles. The van der Waals surface area contributed by atoms with E-state index in [9.17, 15) is 9.18 Å². The Morgan fingerprint density at radius 3 is 2.95 bits per heavy atom. The van der Waals surface area contributed by atoms with Crippen molar-refractivity contribution >= 4 is 5.97 Å². The van der Waals surface area contributed by atoms with E-state index in [4.69, 9.17) is 9.47 Å². The van der Waals surface area contributed by atoms with Gasteiger partial charge in [-0.15, -0.1) is 0 Å². The predicted molar refractivity (Wildman–Crippen MR) is 67.1 cm³/mol. The fourth-order valence-electron chi connectivity index (χ4n) is 3.38. The van der Waals surface area contributed by atoms with Crippen LogP contribution in [0.5, 0.6) is 0 Å². The molecule has 1 saturated heterocycles. The lowest BCUT2D eigenvalue weighted by atomic mass is 9.85. The summed E-state index contributed by atoms with van der Waals surface area (Å²) in [4.78, 5) is 12.2. The van der Waals surface area contributed by atoms with Crippen molar-refractivity contribution in [3.63, 3.8) is 0 Å². The van der Waals surface area contributed by atoms with Crippen molar-refractivity contribution in [3.8, 4) is 0 Å². The van der Waals surface area contributed by atoms with Gasteiger partial charge in [0.25, 0.3) is 0 Å². The summed E-state index contributed by atoms with van der Waals surface area (Å²) < 4.78 is 24.8. The first-order chi connectivity index (χ1) is 9.11. The highest BCUT2D eigenvalue weighted by Gasteiger charge is 2.76. The second-order valence-corrected chi connectivity index (χ2v) is 5.10. The summed E-state index contributed by atoms with van der Waals surface area (Å²) in [5.41, 5.74) is -0.0717. The summed E-state index contributed by atoms with van der Waals surface area (Å²) in [6.45, 7) is 4.01. The summed E-state index contributed by atoms with van der Waals surface area (Å²) in [7, 11) is 0. The van der Waals surface area contributed by atoms with Gasteiger partial charge in [-0.2, -0.15) is 0 Å². The number of hydrogen-bond acceptors (Lipinski definition) is 3. The number of fused-ring (bicyclic) bond motifs is 2. The Morgan fingerprint density at radius 2 is 2.26 bits per heavy atom. The van der Waals surface area contributed by atoms with Gasteiger partial charge in [0.2, 0.25) is 0 Å². The van der Waals surface area contributed by atoms with Crippen LogP contribution in [0.25, 0.3) is 0 Å². The topological polar surface area (TPSA) is 38.8 Å². The molecule has 102 valence electrons. The van der Waals surface area contributed by atoms with Crippen molar-refractivity contribution in [1.29, 1.82) is 0 Å². The Kier molecular flexibility index (Phi) is 2.68. The zero-order valence-electron chi connectivity index (χ0n) is 11.2. The fourth-order valence-corrected chi connectivity index (χ4v) is 3.38. The van der Waals surface area contributed by atoms with Crippen LogP contribution in [0, 0.1) is 5.82 Å². The average Bonchev–Trinajstić information content (AvgIpc) is 2.93. The molecule has 1 aromatic rings. The fraction of sp³-hybridized carbons (Fsp3) is 0.533. The maximum atomic E-state index is 13.8. The third-order valence-corrected chi connectivity index (χ3v) is 4.34. The molecular weight excluding hydrogens is 247 g/mol. The van der Waals surface area contributed by atoms with Gasteiger partial charge >= 0.3 is 5.97 Å². The molecule has 3 nitrogen and oxygen atoms in total. The van der Waals surface area contributed by atoms with Crippen LogP contribution in [-0.4, -0.2) is 18.2 Å². The second-order valence-electron chi connectivity index (χ2n) is 5.10. The van der Waals surface area contributed by atoms with E-state index in [1.165, 1.54) is 6.07 Å². The van der Waals surface area contributed by atoms with Crippen LogP contribution in [0.15, 0.2) is 18.2 Å². The van der Waals surface area contributed by atoms with E-state index in [0.29, 0.717) is 31.4 Å². The van der Waals surface area contributed by atoms with E-state index in [1.807, 2.05) is 13.0 Å². The smallest absolute Gasteiger partial charge is 0.341 e. The van der Waals surface area contributed by atoms with Crippen molar-refractivity contribution in [2.45, 2.75) is 44.3 Å². The summed E-state index contributed by atoms with van der Waals surface area (Å²) in [6.07, 6.45) is 1.81. The molecule has 1 fully saturated rings. The molecule has 4 heteroatoms. The van der Waals surface area contributed by atoms with Gasteiger partial charge in [0, 0.05) is 0 Å². The minimum absolute atomic E-state index is 0.210. The first-order valence-corrected chi connectivity index (χ1v) is 6.76. The number of halogens is 1. The Hall–Kier alpha value is -1.42. The van der Waals surface area contributed by atoms with Crippen molar-refractivity contribution in [3.05, 3.63) is 35.1 Å². The van der Waals surface area contributed by atoms with E-state index in [2.05, 4.69) is 0 Å². The van der Waals surface area contributed by atoms with E-state index in [1.54, 1.807) is 13.0 Å².